The van der Waals surface area contributed by atoms with Crippen LogP contribution in [-0.2, 0) is 0 Å². The van der Waals surface area contributed by atoms with Gasteiger partial charge in [0.1, 0.15) is 17.2 Å². The van der Waals surface area contributed by atoms with Crippen molar-refractivity contribution >= 4 is 17.7 Å². The first-order chi connectivity index (χ1) is 13.6. The summed E-state index contributed by atoms with van der Waals surface area (Å²) in [5, 5.41) is 0. The highest BCUT2D eigenvalue weighted by atomic mass is 16.5. The largest absolute Gasteiger partial charge is 0.497 e. The van der Waals surface area contributed by atoms with Crippen molar-refractivity contribution in [2.24, 2.45) is 4.99 Å². The molecule has 0 aliphatic carbocycles. The third-order valence-corrected chi connectivity index (χ3v) is 4.26. The zero-order chi connectivity index (χ0) is 19.9. The Labute approximate surface area is 164 Å². The summed E-state index contributed by atoms with van der Waals surface area (Å²) < 4.78 is 15.6. The lowest BCUT2D eigenvalue weighted by atomic mass is 10.0. The van der Waals surface area contributed by atoms with Crippen LogP contribution in [0.1, 0.15) is 21.5 Å². The predicted molar refractivity (Wildman–Crippen MR) is 110 cm³/mol. The van der Waals surface area contributed by atoms with E-state index in [2.05, 4.69) is 4.99 Å². The standard InChI is InChI=1S/C23H21NO4/c1-26-19-10-4-16(5-11-19)15-24-18-8-6-17(7-9-18)23(25)21-13-12-20(27-2)14-22(21)28-3/h4-15H,1-3H3. The van der Waals surface area contributed by atoms with Crippen molar-refractivity contribution < 1.29 is 19.0 Å². The summed E-state index contributed by atoms with van der Waals surface area (Å²) in [7, 11) is 4.73. The molecule has 0 bridgehead atoms. The minimum absolute atomic E-state index is 0.120. The van der Waals surface area contributed by atoms with Gasteiger partial charge in [-0.15, -0.1) is 0 Å². The van der Waals surface area contributed by atoms with Crippen LogP contribution in [0.2, 0.25) is 0 Å². The SMILES string of the molecule is COc1ccc(C=Nc2ccc(C(=O)c3ccc(OC)cc3OC)cc2)cc1. The Balaban J connectivity index is 1.76. The fourth-order valence-electron chi connectivity index (χ4n) is 2.68. The van der Waals surface area contributed by atoms with Crippen LogP contribution in [-0.4, -0.2) is 33.3 Å². The average Bonchev–Trinajstić information content (AvgIpc) is 2.77. The highest BCUT2D eigenvalue weighted by Gasteiger charge is 2.15. The summed E-state index contributed by atoms with van der Waals surface area (Å²) in [4.78, 5) is 17.2. The molecule has 0 aliphatic heterocycles. The molecule has 0 spiro atoms. The van der Waals surface area contributed by atoms with Crippen LogP contribution in [0.25, 0.3) is 0 Å². The predicted octanol–water partition coefficient (Wildman–Crippen LogP) is 4.69. The number of methoxy groups -OCH3 is 3. The number of hydrogen-bond acceptors (Lipinski definition) is 5. The van der Waals surface area contributed by atoms with Crippen molar-refractivity contribution in [1.29, 1.82) is 0 Å². The number of benzene rings is 3. The molecule has 0 radical (unpaired) electrons. The Hall–Kier alpha value is -3.60. The minimum Gasteiger partial charge on any atom is -0.497 e. The molecule has 0 amide bonds. The number of rotatable bonds is 7. The van der Waals surface area contributed by atoms with Crippen molar-refractivity contribution in [1.82, 2.24) is 0 Å². The first kappa shape index (κ1) is 19.2. The van der Waals surface area contributed by atoms with E-state index in [1.54, 1.807) is 50.8 Å². The fraction of sp³-hybridized carbons (Fsp3) is 0.130. The van der Waals surface area contributed by atoms with Crippen molar-refractivity contribution in [3.63, 3.8) is 0 Å². The fourth-order valence-corrected chi connectivity index (χ4v) is 2.68. The second-order valence-electron chi connectivity index (χ2n) is 5.97. The lowest BCUT2D eigenvalue weighted by molar-refractivity contribution is 0.103. The number of ether oxygens (including phenoxy) is 3. The van der Waals surface area contributed by atoms with E-state index in [-0.39, 0.29) is 5.78 Å². The summed E-state index contributed by atoms with van der Waals surface area (Å²) in [6, 6.07) is 19.9. The molecule has 0 saturated carbocycles. The van der Waals surface area contributed by atoms with Gasteiger partial charge < -0.3 is 14.2 Å². The maximum Gasteiger partial charge on any atom is 0.196 e. The van der Waals surface area contributed by atoms with Crippen LogP contribution in [0, 0.1) is 0 Å². The molecule has 0 fully saturated rings. The molecule has 0 heterocycles. The van der Waals surface area contributed by atoms with Crippen molar-refractivity contribution in [2.75, 3.05) is 21.3 Å². The molecule has 0 aliphatic rings. The van der Waals surface area contributed by atoms with E-state index in [1.165, 1.54) is 7.11 Å². The third-order valence-electron chi connectivity index (χ3n) is 4.26. The van der Waals surface area contributed by atoms with E-state index < -0.39 is 0 Å². The highest BCUT2D eigenvalue weighted by Crippen LogP contribution is 2.27. The summed E-state index contributed by atoms with van der Waals surface area (Å²) >= 11 is 0. The second kappa shape index (κ2) is 8.86. The van der Waals surface area contributed by atoms with Crippen LogP contribution < -0.4 is 14.2 Å². The lowest BCUT2D eigenvalue weighted by Crippen LogP contribution is -2.04. The quantitative estimate of drug-likeness (QED) is 0.444. The second-order valence-corrected chi connectivity index (χ2v) is 5.97. The molecule has 28 heavy (non-hydrogen) atoms. The molecule has 3 rings (SSSR count). The van der Waals surface area contributed by atoms with E-state index in [4.69, 9.17) is 14.2 Å². The lowest BCUT2D eigenvalue weighted by Gasteiger charge is -2.09. The molecule has 0 aromatic heterocycles. The molecule has 142 valence electrons. The number of nitrogens with zero attached hydrogens (tertiary/aromatic N) is 1. The Bertz CT molecular complexity index is 976. The molecule has 3 aromatic carbocycles. The highest BCUT2D eigenvalue weighted by molar-refractivity contribution is 6.11. The molecule has 0 atom stereocenters. The van der Waals surface area contributed by atoms with Gasteiger partial charge in [-0.05, 0) is 66.2 Å². The molecule has 5 nitrogen and oxygen atoms in total. The van der Waals surface area contributed by atoms with E-state index in [0.717, 1.165) is 17.0 Å². The number of carbonyl (C=O) groups is 1. The maximum atomic E-state index is 12.8. The Morgan fingerprint density at radius 3 is 2.04 bits per heavy atom. The van der Waals surface area contributed by atoms with Gasteiger partial charge in [0.15, 0.2) is 5.78 Å². The number of ketones is 1. The van der Waals surface area contributed by atoms with Crippen molar-refractivity contribution in [3.05, 3.63) is 83.4 Å². The molecular weight excluding hydrogens is 354 g/mol. The van der Waals surface area contributed by atoms with Gasteiger partial charge in [0, 0.05) is 17.8 Å². The minimum atomic E-state index is -0.120. The molecule has 0 saturated heterocycles. The zero-order valence-corrected chi connectivity index (χ0v) is 16.0. The van der Waals surface area contributed by atoms with Gasteiger partial charge in [-0.3, -0.25) is 9.79 Å². The van der Waals surface area contributed by atoms with Gasteiger partial charge in [-0.1, -0.05) is 0 Å². The molecular formula is C23H21NO4. The van der Waals surface area contributed by atoms with Gasteiger partial charge in [0.2, 0.25) is 0 Å². The summed E-state index contributed by atoms with van der Waals surface area (Å²) in [6.45, 7) is 0. The number of hydrogen-bond donors (Lipinski definition) is 0. The van der Waals surface area contributed by atoms with Crippen LogP contribution in [0.4, 0.5) is 5.69 Å². The van der Waals surface area contributed by atoms with E-state index >= 15 is 0 Å². The normalized spacial score (nSPS) is 10.7. The Kier molecular flexibility index (Phi) is 6.07. The Morgan fingerprint density at radius 2 is 1.43 bits per heavy atom. The molecule has 3 aromatic rings. The van der Waals surface area contributed by atoms with E-state index in [1.807, 2.05) is 36.4 Å². The molecule has 0 unspecified atom stereocenters. The van der Waals surface area contributed by atoms with Gasteiger partial charge in [-0.25, -0.2) is 0 Å². The van der Waals surface area contributed by atoms with Crippen LogP contribution in [0.5, 0.6) is 17.2 Å². The summed E-state index contributed by atoms with van der Waals surface area (Å²) in [6.07, 6.45) is 1.77. The van der Waals surface area contributed by atoms with Crippen LogP contribution in [0.15, 0.2) is 71.7 Å². The first-order valence-corrected chi connectivity index (χ1v) is 8.69. The first-order valence-electron chi connectivity index (χ1n) is 8.69. The monoisotopic (exact) mass is 375 g/mol. The van der Waals surface area contributed by atoms with Gasteiger partial charge in [0.05, 0.1) is 32.6 Å². The smallest absolute Gasteiger partial charge is 0.196 e. The van der Waals surface area contributed by atoms with E-state index in [9.17, 15) is 4.79 Å². The number of carbonyl (C=O) groups excluding carboxylic acids is 1. The Morgan fingerprint density at radius 1 is 0.786 bits per heavy atom. The topological polar surface area (TPSA) is 57.1 Å². The summed E-state index contributed by atoms with van der Waals surface area (Å²) in [5.74, 6) is 1.79. The third kappa shape index (κ3) is 4.38. The average molecular weight is 375 g/mol. The molecule has 5 heteroatoms. The zero-order valence-electron chi connectivity index (χ0n) is 16.0. The van der Waals surface area contributed by atoms with Gasteiger partial charge in [0.25, 0.3) is 0 Å². The van der Waals surface area contributed by atoms with Crippen molar-refractivity contribution in [2.45, 2.75) is 0 Å². The van der Waals surface area contributed by atoms with Gasteiger partial charge >= 0.3 is 0 Å². The summed E-state index contributed by atoms with van der Waals surface area (Å²) in [5.41, 5.74) is 2.77. The molecule has 0 N–H and O–H groups in total. The van der Waals surface area contributed by atoms with E-state index in [0.29, 0.717) is 22.6 Å². The van der Waals surface area contributed by atoms with Crippen molar-refractivity contribution in [3.8, 4) is 17.2 Å². The van der Waals surface area contributed by atoms with Crippen LogP contribution in [0.3, 0.4) is 0 Å². The van der Waals surface area contributed by atoms with Gasteiger partial charge in [-0.2, -0.15) is 0 Å². The maximum absolute atomic E-state index is 12.8. The number of aliphatic imine (C=N–C) groups is 1. The van der Waals surface area contributed by atoms with Crippen LogP contribution >= 0.6 is 0 Å².